The van der Waals surface area contributed by atoms with Crippen LogP contribution in [-0.4, -0.2) is 42.5 Å². The number of aryl methyl sites for hydroxylation is 2. The first-order chi connectivity index (χ1) is 13.5. The van der Waals surface area contributed by atoms with Gasteiger partial charge in [0.1, 0.15) is 11.5 Å². The summed E-state index contributed by atoms with van der Waals surface area (Å²) < 4.78 is 11.2. The highest BCUT2D eigenvalue weighted by molar-refractivity contribution is 5.95. The van der Waals surface area contributed by atoms with Gasteiger partial charge in [0.2, 0.25) is 5.91 Å². The molecule has 2 amide bonds. The summed E-state index contributed by atoms with van der Waals surface area (Å²) in [6.45, 7) is 5.67. The minimum Gasteiger partial charge on any atom is -0.466 e. The van der Waals surface area contributed by atoms with Crippen LogP contribution in [0.25, 0.3) is 0 Å². The van der Waals surface area contributed by atoms with Crippen LogP contribution in [-0.2, 0) is 16.1 Å². The van der Waals surface area contributed by atoms with Crippen LogP contribution in [0, 0.1) is 13.8 Å². The molecular formula is C22H28N2O4. The highest BCUT2D eigenvalue weighted by atomic mass is 16.5. The Bertz CT molecular complexity index is 794. The maximum atomic E-state index is 13.0. The number of nitrogens with one attached hydrogen (secondary N) is 1. The second-order valence-corrected chi connectivity index (χ2v) is 7.23. The van der Waals surface area contributed by atoms with E-state index in [1.807, 2.05) is 37.3 Å². The molecule has 1 aromatic heterocycles. The molecule has 1 atom stereocenters. The number of carbonyl (C=O) groups is 2. The molecular weight excluding hydrogens is 356 g/mol. The Balaban J connectivity index is 1.59. The third kappa shape index (κ3) is 5.45. The minimum atomic E-state index is -0.110. The molecule has 0 aliphatic carbocycles. The summed E-state index contributed by atoms with van der Waals surface area (Å²) in [5.41, 5.74) is 1.60. The number of benzene rings is 1. The zero-order valence-electron chi connectivity index (χ0n) is 16.6. The first-order valence-corrected chi connectivity index (χ1v) is 9.81. The summed E-state index contributed by atoms with van der Waals surface area (Å²) in [5, 5.41) is 2.92. The van der Waals surface area contributed by atoms with Gasteiger partial charge in [0.25, 0.3) is 5.91 Å². The fraction of sp³-hybridized carbons (Fsp3) is 0.455. The molecule has 0 radical (unpaired) electrons. The first kappa shape index (κ1) is 20.1. The molecule has 1 saturated heterocycles. The van der Waals surface area contributed by atoms with Crippen molar-refractivity contribution >= 4 is 11.8 Å². The van der Waals surface area contributed by atoms with Gasteiger partial charge in [-0.1, -0.05) is 30.3 Å². The van der Waals surface area contributed by atoms with Crippen LogP contribution in [0.5, 0.6) is 0 Å². The Hall–Kier alpha value is -2.60. The lowest BCUT2D eigenvalue weighted by atomic mass is 10.1. The maximum absolute atomic E-state index is 13.0. The van der Waals surface area contributed by atoms with Crippen LogP contribution < -0.4 is 5.32 Å². The minimum absolute atomic E-state index is 0.0321. The van der Waals surface area contributed by atoms with Crippen molar-refractivity contribution in [3.8, 4) is 0 Å². The molecule has 2 heterocycles. The van der Waals surface area contributed by atoms with E-state index in [-0.39, 0.29) is 24.3 Å². The van der Waals surface area contributed by atoms with Crippen LogP contribution in [0.15, 0.2) is 40.8 Å². The van der Waals surface area contributed by atoms with Gasteiger partial charge < -0.3 is 19.4 Å². The average Bonchev–Trinajstić information content (AvgIpc) is 3.32. The zero-order valence-corrected chi connectivity index (χ0v) is 16.6. The smallest absolute Gasteiger partial charge is 0.257 e. The molecule has 0 saturated carbocycles. The predicted octanol–water partition coefficient (Wildman–Crippen LogP) is 3.22. The van der Waals surface area contributed by atoms with Gasteiger partial charge in [0.05, 0.1) is 11.7 Å². The summed E-state index contributed by atoms with van der Waals surface area (Å²) in [6.07, 6.45) is 2.23. The Labute approximate surface area is 165 Å². The van der Waals surface area contributed by atoms with Gasteiger partial charge in [-0.25, -0.2) is 0 Å². The van der Waals surface area contributed by atoms with Crippen molar-refractivity contribution in [1.82, 2.24) is 10.2 Å². The fourth-order valence-corrected chi connectivity index (χ4v) is 3.44. The van der Waals surface area contributed by atoms with E-state index in [1.54, 1.807) is 17.9 Å². The average molecular weight is 384 g/mol. The number of hydrogen-bond acceptors (Lipinski definition) is 4. The number of amides is 2. The van der Waals surface area contributed by atoms with Gasteiger partial charge >= 0.3 is 0 Å². The number of ether oxygens (including phenoxy) is 1. The standard InChI is InChI=1S/C22H28N2O4/c1-16-13-20(17(2)28-16)22(26)24(15-19-9-6-12-27-19)11-10-21(25)23-14-18-7-4-3-5-8-18/h3-5,7-8,13,19H,6,9-12,14-15H2,1-2H3,(H,23,25)/t19-/m0/s1. The lowest BCUT2D eigenvalue weighted by molar-refractivity contribution is -0.121. The second-order valence-electron chi connectivity index (χ2n) is 7.23. The Morgan fingerprint density at radius 1 is 1.21 bits per heavy atom. The summed E-state index contributed by atoms with van der Waals surface area (Å²) in [6, 6.07) is 11.5. The molecule has 6 heteroatoms. The number of nitrogens with zero attached hydrogens (tertiary/aromatic N) is 1. The van der Waals surface area contributed by atoms with Gasteiger partial charge in [-0.3, -0.25) is 9.59 Å². The molecule has 3 rings (SSSR count). The summed E-state index contributed by atoms with van der Waals surface area (Å²) in [4.78, 5) is 27.0. The third-order valence-corrected chi connectivity index (χ3v) is 4.95. The van der Waals surface area contributed by atoms with Gasteiger partial charge in [-0.2, -0.15) is 0 Å². The maximum Gasteiger partial charge on any atom is 0.257 e. The van der Waals surface area contributed by atoms with Gasteiger partial charge in [0.15, 0.2) is 0 Å². The summed E-state index contributed by atoms with van der Waals surface area (Å²) in [5.74, 6) is 1.13. The SMILES string of the molecule is Cc1cc(C(=O)N(CCC(=O)NCc2ccccc2)C[C@@H]2CCCO2)c(C)o1. The topological polar surface area (TPSA) is 71.8 Å². The Morgan fingerprint density at radius 3 is 2.64 bits per heavy atom. The highest BCUT2D eigenvalue weighted by Gasteiger charge is 2.26. The normalized spacial score (nSPS) is 16.1. The molecule has 6 nitrogen and oxygen atoms in total. The van der Waals surface area contributed by atoms with Crippen molar-refractivity contribution in [2.24, 2.45) is 0 Å². The Kier molecular flexibility index (Phi) is 6.87. The van der Waals surface area contributed by atoms with Gasteiger partial charge in [0, 0.05) is 32.7 Å². The van der Waals surface area contributed by atoms with Crippen molar-refractivity contribution in [2.75, 3.05) is 19.7 Å². The molecule has 28 heavy (non-hydrogen) atoms. The van der Waals surface area contributed by atoms with E-state index in [0.29, 0.717) is 36.7 Å². The molecule has 1 aromatic carbocycles. The van der Waals surface area contributed by atoms with Crippen molar-refractivity contribution < 1.29 is 18.7 Å². The van der Waals surface area contributed by atoms with Crippen LogP contribution >= 0.6 is 0 Å². The van der Waals surface area contributed by atoms with E-state index < -0.39 is 0 Å². The number of rotatable bonds is 8. The fourth-order valence-electron chi connectivity index (χ4n) is 3.44. The van der Waals surface area contributed by atoms with E-state index in [1.165, 1.54) is 0 Å². The van der Waals surface area contributed by atoms with Gasteiger partial charge in [-0.15, -0.1) is 0 Å². The lowest BCUT2D eigenvalue weighted by Gasteiger charge is -2.25. The van der Waals surface area contributed by atoms with Crippen LogP contribution in [0.1, 0.15) is 46.7 Å². The quantitative estimate of drug-likeness (QED) is 0.759. The van der Waals surface area contributed by atoms with E-state index in [4.69, 9.17) is 9.15 Å². The molecule has 0 bridgehead atoms. The summed E-state index contributed by atoms with van der Waals surface area (Å²) >= 11 is 0. The van der Waals surface area contributed by atoms with E-state index in [9.17, 15) is 9.59 Å². The molecule has 1 fully saturated rings. The van der Waals surface area contributed by atoms with E-state index in [0.717, 1.165) is 25.0 Å². The molecule has 0 spiro atoms. The van der Waals surface area contributed by atoms with Crippen molar-refractivity contribution in [3.05, 3.63) is 59.0 Å². The predicted molar refractivity (Wildman–Crippen MR) is 106 cm³/mol. The highest BCUT2D eigenvalue weighted by Crippen LogP contribution is 2.19. The van der Waals surface area contributed by atoms with Gasteiger partial charge in [-0.05, 0) is 38.3 Å². The number of hydrogen-bond donors (Lipinski definition) is 1. The van der Waals surface area contributed by atoms with E-state index in [2.05, 4.69) is 5.32 Å². The molecule has 0 unspecified atom stereocenters. The van der Waals surface area contributed by atoms with E-state index >= 15 is 0 Å². The zero-order chi connectivity index (χ0) is 19.9. The molecule has 1 N–H and O–H groups in total. The van der Waals surface area contributed by atoms with Crippen molar-refractivity contribution in [2.45, 2.75) is 45.8 Å². The lowest BCUT2D eigenvalue weighted by Crippen LogP contribution is -2.40. The second kappa shape index (κ2) is 9.55. The monoisotopic (exact) mass is 384 g/mol. The number of carbonyl (C=O) groups excluding carboxylic acids is 2. The summed E-state index contributed by atoms with van der Waals surface area (Å²) in [7, 11) is 0. The molecule has 150 valence electrons. The molecule has 1 aliphatic rings. The largest absolute Gasteiger partial charge is 0.466 e. The van der Waals surface area contributed by atoms with Crippen molar-refractivity contribution in [3.63, 3.8) is 0 Å². The van der Waals surface area contributed by atoms with Crippen molar-refractivity contribution in [1.29, 1.82) is 0 Å². The van der Waals surface area contributed by atoms with Crippen LogP contribution in [0.3, 0.4) is 0 Å². The molecule has 1 aliphatic heterocycles. The van der Waals surface area contributed by atoms with Crippen LogP contribution in [0.2, 0.25) is 0 Å². The third-order valence-electron chi connectivity index (χ3n) is 4.95. The Morgan fingerprint density at radius 2 is 2.00 bits per heavy atom. The number of furan rings is 1. The first-order valence-electron chi connectivity index (χ1n) is 9.81. The molecule has 2 aromatic rings. The van der Waals surface area contributed by atoms with Crippen LogP contribution in [0.4, 0.5) is 0 Å².